The fourth-order valence-electron chi connectivity index (χ4n) is 1.71. The number of nitrogens with zero attached hydrogens (tertiary/aromatic N) is 1. The summed E-state index contributed by atoms with van der Waals surface area (Å²) in [6, 6.07) is 12.4. The molecular weight excluding hydrogens is 276 g/mol. The van der Waals surface area contributed by atoms with Crippen molar-refractivity contribution in [3.05, 3.63) is 52.5 Å². The molecule has 0 radical (unpaired) electrons. The van der Waals surface area contributed by atoms with E-state index in [9.17, 15) is 0 Å². The predicted octanol–water partition coefficient (Wildman–Crippen LogP) is 3.38. The molecule has 0 aromatic heterocycles. The minimum absolute atomic E-state index is 0.312. The molecule has 0 spiro atoms. The van der Waals surface area contributed by atoms with E-state index in [4.69, 9.17) is 32.1 Å². The summed E-state index contributed by atoms with van der Waals surface area (Å²) >= 11 is 5.89. The van der Waals surface area contributed by atoms with Crippen LogP contribution < -0.4 is 15.2 Å². The summed E-state index contributed by atoms with van der Waals surface area (Å²) in [4.78, 5) is 0. The lowest BCUT2D eigenvalue weighted by atomic mass is 10.1. The number of anilines is 1. The largest absolute Gasteiger partial charge is 0.495 e. The molecule has 0 aliphatic heterocycles. The number of benzene rings is 2. The summed E-state index contributed by atoms with van der Waals surface area (Å²) in [5, 5.41) is 9.48. The lowest BCUT2D eigenvalue weighted by molar-refractivity contribution is 0.307. The van der Waals surface area contributed by atoms with Crippen molar-refractivity contribution >= 4 is 17.3 Å². The van der Waals surface area contributed by atoms with Gasteiger partial charge in [0.05, 0.1) is 18.4 Å². The highest BCUT2D eigenvalue weighted by molar-refractivity contribution is 6.30. The Hall–Kier alpha value is -2.38. The Labute approximate surface area is 122 Å². The van der Waals surface area contributed by atoms with E-state index in [-0.39, 0.29) is 0 Å². The first-order valence-corrected chi connectivity index (χ1v) is 6.26. The van der Waals surface area contributed by atoms with Gasteiger partial charge >= 0.3 is 0 Å². The lowest BCUT2D eigenvalue weighted by Gasteiger charge is -2.10. The van der Waals surface area contributed by atoms with Crippen LogP contribution in [0.4, 0.5) is 5.69 Å². The van der Waals surface area contributed by atoms with Crippen molar-refractivity contribution in [1.82, 2.24) is 0 Å². The van der Waals surface area contributed by atoms with E-state index in [2.05, 4.69) is 6.07 Å². The van der Waals surface area contributed by atoms with Crippen LogP contribution in [0.5, 0.6) is 11.5 Å². The number of nitrogen functional groups attached to an aromatic ring is 1. The molecule has 0 bridgehead atoms. The summed E-state index contributed by atoms with van der Waals surface area (Å²) in [7, 11) is 1.52. The first-order chi connectivity index (χ1) is 9.63. The Kier molecular flexibility index (Phi) is 4.34. The van der Waals surface area contributed by atoms with Gasteiger partial charge in [0, 0.05) is 11.1 Å². The normalized spacial score (nSPS) is 9.85. The number of methoxy groups -OCH3 is 1. The Morgan fingerprint density at radius 1 is 1.20 bits per heavy atom. The van der Waals surface area contributed by atoms with Crippen LogP contribution in [-0.2, 0) is 6.61 Å². The smallest absolute Gasteiger partial charge is 0.144 e. The fraction of sp³-hybridized carbons (Fsp3) is 0.133. The van der Waals surface area contributed by atoms with E-state index in [1.165, 1.54) is 7.11 Å². The van der Waals surface area contributed by atoms with E-state index in [1.54, 1.807) is 30.3 Å². The molecule has 0 unspecified atom stereocenters. The van der Waals surface area contributed by atoms with Crippen LogP contribution in [0, 0.1) is 11.3 Å². The minimum atomic E-state index is 0.312. The molecule has 0 saturated carbocycles. The predicted molar refractivity (Wildman–Crippen MR) is 77.9 cm³/mol. The summed E-state index contributed by atoms with van der Waals surface area (Å²) in [5.74, 6) is 1.05. The molecule has 0 heterocycles. The van der Waals surface area contributed by atoms with Gasteiger partial charge in [-0.05, 0) is 29.8 Å². The van der Waals surface area contributed by atoms with Crippen molar-refractivity contribution in [3.8, 4) is 17.6 Å². The van der Waals surface area contributed by atoms with E-state index in [0.717, 1.165) is 5.56 Å². The van der Waals surface area contributed by atoms with Crippen LogP contribution in [0.2, 0.25) is 5.02 Å². The Morgan fingerprint density at radius 2 is 2.00 bits per heavy atom. The van der Waals surface area contributed by atoms with Crippen LogP contribution >= 0.6 is 11.6 Å². The zero-order valence-corrected chi connectivity index (χ0v) is 11.6. The maximum atomic E-state index is 8.92. The molecule has 2 aromatic rings. The highest BCUT2D eigenvalue weighted by Crippen LogP contribution is 2.27. The second-order valence-corrected chi connectivity index (χ2v) is 4.55. The number of hydrogen-bond donors (Lipinski definition) is 1. The molecule has 0 aliphatic carbocycles. The second kappa shape index (κ2) is 6.18. The van der Waals surface area contributed by atoms with Crippen LogP contribution in [0.1, 0.15) is 11.1 Å². The SMILES string of the molecule is COc1cc(COc2cc(Cl)ccc2N)ccc1C#N. The van der Waals surface area contributed by atoms with Gasteiger partial charge in [0.25, 0.3) is 0 Å². The number of ether oxygens (including phenoxy) is 2. The molecule has 0 fully saturated rings. The van der Waals surface area contributed by atoms with Crippen molar-refractivity contribution in [2.45, 2.75) is 6.61 Å². The average molecular weight is 289 g/mol. The van der Waals surface area contributed by atoms with Gasteiger partial charge in [-0.1, -0.05) is 17.7 Å². The number of rotatable bonds is 4. The highest BCUT2D eigenvalue weighted by atomic mass is 35.5. The highest BCUT2D eigenvalue weighted by Gasteiger charge is 2.06. The van der Waals surface area contributed by atoms with Gasteiger partial charge < -0.3 is 15.2 Å². The topological polar surface area (TPSA) is 68.3 Å². The van der Waals surface area contributed by atoms with Crippen LogP contribution in [0.15, 0.2) is 36.4 Å². The molecule has 5 heteroatoms. The zero-order valence-electron chi connectivity index (χ0n) is 10.9. The van der Waals surface area contributed by atoms with Crippen LogP contribution in [0.3, 0.4) is 0 Å². The molecule has 0 atom stereocenters. The molecular formula is C15H13ClN2O2. The monoisotopic (exact) mass is 288 g/mol. The van der Waals surface area contributed by atoms with Crippen molar-refractivity contribution in [2.75, 3.05) is 12.8 Å². The summed E-state index contributed by atoms with van der Waals surface area (Å²) < 4.78 is 10.8. The molecule has 0 saturated heterocycles. The van der Waals surface area contributed by atoms with Crippen molar-refractivity contribution in [3.63, 3.8) is 0 Å². The fourth-order valence-corrected chi connectivity index (χ4v) is 1.87. The van der Waals surface area contributed by atoms with Crippen molar-refractivity contribution in [1.29, 1.82) is 5.26 Å². The van der Waals surface area contributed by atoms with E-state index in [1.807, 2.05) is 6.07 Å². The number of nitriles is 1. The first-order valence-electron chi connectivity index (χ1n) is 5.89. The third-order valence-corrected chi connectivity index (χ3v) is 2.99. The Bertz CT molecular complexity index is 665. The number of hydrogen-bond acceptors (Lipinski definition) is 4. The molecule has 4 nitrogen and oxygen atoms in total. The van der Waals surface area contributed by atoms with Gasteiger partial charge in [0.2, 0.25) is 0 Å². The number of nitrogens with two attached hydrogens (primary N) is 1. The minimum Gasteiger partial charge on any atom is -0.495 e. The number of halogens is 1. The van der Waals surface area contributed by atoms with E-state index in [0.29, 0.717) is 34.4 Å². The molecule has 2 N–H and O–H groups in total. The standard InChI is InChI=1S/C15H13ClN2O2/c1-19-14-6-10(2-3-11(14)8-17)9-20-15-7-12(16)4-5-13(15)18/h2-7H,9,18H2,1H3. The second-order valence-electron chi connectivity index (χ2n) is 4.12. The van der Waals surface area contributed by atoms with Gasteiger partial charge in [0.1, 0.15) is 24.2 Å². The molecule has 0 amide bonds. The molecule has 2 aromatic carbocycles. The van der Waals surface area contributed by atoms with E-state index >= 15 is 0 Å². The first kappa shape index (κ1) is 14.0. The van der Waals surface area contributed by atoms with Gasteiger partial charge in [-0.3, -0.25) is 0 Å². The Balaban J connectivity index is 2.15. The summed E-state index contributed by atoms with van der Waals surface area (Å²) in [5.41, 5.74) is 7.69. The average Bonchev–Trinajstić information content (AvgIpc) is 2.47. The molecule has 20 heavy (non-hydrogen) atoms. The zero-order chi connectivity index (χ0) is 14.5. The maximum Gasteiger partial charge on any atom is 0.144 e. The third kappa shape index (κ3) is 3.14. The van der Waals surface area contributed by atoms with Gasteiger partial charge in [-0.2, -0.15) is 5.26 Å². The Morgan fingerprint density at radius 3 is 2.70 bits per heavy atom. The maximum absolute atomic E-state index is 8.92. The van der Waals surface area contributed by atoms with Crippen LogP contribution in [0.25, 0.3) is 0 Å². The molecule has 0 aliphatic rings. The van der Waals surface area contributed by atoms with Crippen molar-refractivity contribution in [2.24, 2.45) is 0 Å². The summed E-state index contributed by atoms with van der Waals surface area (Å²) in [6.07, 6.45) is 0. The lowest BCUT2D eigenvalue weighted by Crippen LogP contribution is -1.99. The van der Waals surface area contributed by atoms with Crippen LogP contribution in [-0.4, -0.2) is 7.11 Å². The van der Waals surface area contributed by atoms with Gasteiger partial charge in [-0.15, -0.1) is 0 Å². The molecule has 2 rings (SSSR count). The van der Waals surface area contributed by atoms with Gasteiger partial charge in [-0.25, -0.2) is 0 Å². The van der Waals surface area contributed by atoms with Gasteiger partial charge in [0.15, 0.2) is 0 Å². The third-order valence-electron chi connectivity index (χ3n) is 2.76. The summed E-state index contributed by atoms with van der Waals surface area (Å²) in [6.45, 7) is 0.312. The molecule has 102 valence electrons. The van der Waals surface area contributed by atoms with E-state index < -0.39 is 0 Å². The van der Waals surface area contributed by atoms with Crippen molar-refractivity contribution < 1.29 is 9.47 Å². The quantitative estimate of drug-likeness (QED) is 0.876.